The highest BCUT2D eigenvalue weighted by Crippen LogP contribution is 2.31. The Morgan fingerprint density at radius 2 is 2.04 bits per heavy atom. The van der Waals surface area contributed by atoms with E-state index in [0.29, 0.717) is 20.9 Å². The predicted molar refractivity (Wildman–Crippen MR) is 101 cm³/mol. The SMILES string of the molecule is C[C@@H](Oc1ncnc2c(Cl)cc(Cl)cc12)C(=O)Nc1cccc([N+](=O)[O-])c1. The molecular formula is C17H12Cl2N4O4. The van der Waals surface area contributed by atoms with Gasteiger partial charge in [0.25, 0.3) is 11.6 Å². The standard InChI is InChI=1S/C17H12Cl2N4O4/c1-9(16(24)22-11-3-2-4-12(7-11)23(25)26)27-17-13-5-10(18)6-14(19)15(13)20-8-21-17/h2-9H,1H3,(H,22,24)/t9-/m1/s1. The van der Waals surface area contributed by atoms with Gasteiger partial charge < -0.3 is 10.1 Å². The molecule has 0 saturated heterocycles. The van der Waals surface area contributed by atoms with Crippen molar-refractivity contribution in [1.29, 1.82) is 0 Å². The van der Waals surface area contributed by atoms with Crippen LogP contribution < -0.4 is 10.1 Å². The molecule has 1 amide bonds. The number of carbonyl (C=O) groups excluding carboxylic acids is 1. The van der Waals surface area contributed by atoms with Crippen LogP contribution in [0.25, 0.3) is 10.9 Å². The number of fused-ring (bicyclic) bond motifs is 1. The molecule has 1 heterocycles. The fourth-order valence-electron chi connectivity index (χ4n) is 2.32. The molecule has 8 nitrogen and oxygen atoms in total. The number of nitro groups is 1. The molecule has 3 rings (SSSR count). The summed E-state index contributed by atoms with van der Waals surface area (Å²) in [5.74, 6) is -0.360. The number of carbonyl (C=O) groups is 1. The Kier molecular flexibility index (Phi) is 5.38. The summed E-state index contributed by atoms with van der Waals surface area (Å²) in [4.78, 5) is 30.8. The van der Waals surface area contributed by atoms with Crippen molar-refractivity contribution >= 4 is 51.4 Å². The third kappa shape index (κ3) is 4.24. The number of nitro benzene ring substituents is 1. The Labute approximate surface area is 163 Å². The van der Waals surface area contributed by atoms with Crippen LogP contribution in [0, 0.1) is 10.1 Å². The minimum absolute atomic E-state index is 0.132. The highest BCUT2D eigenvalue weighted by atomic mass is 35.5. The second-order valence-electron chi connectivity index (χ2n) is 5.52. The molecule has 0 aliphatic carbocycles. The van der Waals surface area contributed by atoms with Gasteiger partial charge in [-0.25, -0.2) is 9.97 Å². The van der Waals surface area contributed by atoms with E-state index < -0.39 is 16.9 Å². The molecule has 10 heteroatoms. The number of anilines is 1. The third-order valence-electron chi connectivity index (χ3n) is 3.60. The van der Waals surface area contributed by atoms with Gasteiger partial charge >= 0.3 is 0 Å². The van der Waals surface area contributed by atoms with Crippen LogP contribution in [0.2, 0.25) is 10.0 Å². The van der Waals surface area contributed by atoms with Gasteiger partial charge in [-0.2, -0.15) is 0 Å². The van der Waals surface area contributed by atoms with Crippen molar-refractivity contribution in [2.45, 2.75) is 13.0 Å². The van der Waals surface area contributed by atoms with Crippen LogP contribution in [0.5, 0.6) is 5.88 Å². The van der Waals surface area contributed by atoms with Crippen LogP contribution in [-0.4, -0.2) is 26.9 Å². The van der Waals surface area contributed by atoms with Crippen molar-refractivity contribution in [1.82, 2.24) is 9.97 Å². The van der Waals surface area contributed by atoms with E-state index in [1.807, 2.05) is 0 Å². The van der Waals surface area contributed by atoms with E-state index in [2.05, 4.69) is 15.3 Å². The molecule has 0 spiro atoms. The summed E-state index contributed by atoms with van der Waals surface area (Å²) < 4.78 is 5.63. The lowest BCUT2D eigenvalue weighted by atomic mass is 10.2. The maximum absolute atomic E-state index is 12.4. The first-order chi connectivity index (χ1) is 12.8. The maximum atomic E-state index is 12.4. The van der Waals surface area contributed by atoms with Gasteiger partial charge in [0, 0.05) is 22.8 Å². The van der Waals surface area contributed by atoms with Gasteiger partial charge in [-0.15, -0.1) is 0 Å². The Morgan fingerprint density at radius 1 is 1.26 bits per heavy atom. The van der Waals surface area contributed by atoms with E-state index in [0.717, 1.165) is 0 Å². The van der Waals surface area contributed by atoms with Crippen molar-refractivity contribution in [2.75, 3.05) is 5.32 Å². The monoisotopic (exact) mass is 406 g/mol. The molecule has 138 valence electrons. The number of nitrogens with zero attached hydrogens (tertiary/aromatic N) is 3. The van der Waals surface area contributed by atoms with Gasteiger partial charge in [-0.3, -0.25) is 14.9 Å². The Morgan fingerprint density at radius 3 is 2.78 bits per heavy atom. The predicted octanol–water partition coefficient (Wildman–Crippen LogP) is 4.25. The maximum Gasteiger partial charge on any atom is 0.271 e. The molecular weight excluding hydrogens is 395 g/mol. The van der Waals surface area contributed by atoms with Crippen LogP contribution in [0.15, 0.2) is 42.7 Å². The highest BCUT2D eigenvalue weighted by Gasteiger charge is 2.19. The number of rotatable bonds is 5. The van der Waals surface area contributed by atoms with Gasteiger partial charge in [0.15, 0.2) is 6.10 Å². The van der Waals surface area contributed by atoms with Crippen molar-refractivity contribution < 1.29 is 14.5 Å². The molecule has 2 aromatic carbocycles. The third-order valence-corrected chi connectivity index (χ3v) is 4.11. The fourth-order valence-corrected chi connectivity index (χ4v) is 2.87. The van der Waals surface area contributed by atoms with Gasteiger partial charge in [0.2, 0.25) is 5.88 Å². The Balaban J connectivity index is 1.80. The van der Waals surface area contributed by atoms with E-state index in [-0.39, 0.29) is 17.3 Å². The topological polar surface area (TPSA) is 107 Å². The molecule has 0 saturated carbocycles. The van der Waals surface area contributed by atoms with Crippen molar-refractivity contribution in [2.24, 2.45) is 0 Å². The summed E-state index contributed by atoms with van der Waals surface area (Å²) in [5.41, 5.74) is 0.591. The zero-order valence-corrected chi connectivity index (χ0v) is 15.4. The molecule has 0 aliphatic rings. The lowest BCUT2D eigenvalue weighted by Crippen LogP contribution is -2.30. The van der Waals surface area contributed by atoms with Crippen LogP contribution >= 0.6 is 23.2 Å². The number of amides is 1. The molecule has 1 N–H and O–H groups in total. The lowest BCUT2D eigenvalue weighted by Gasteiger charge is -2.15. The molecule has 0 bridgehead atoms. The van der Waals surface area contributed by atoms with Gasteiger partial charge in [0.1, 0.15) is 6.33 Å². The summed E-state index contributed by atoms with van der Waals surface area (Å²) in [5, 5.41) is 14.6. The number of halogens is 2. The van der Waals surface area contributed by atoms with Crippen molar-refractivity contribution in [3.63, 3.8) is 0 Å². The number of aromatic nitrogens is 2. The zero-order chi connectivity index (χ0) is 19.6. The molecule has 27 heavy (non-hydrogen) atoms. The number of ether oxygens (including phenoxy) is 1. The van der Waals surface area contributed by atoms with Crippen molar-refractivity contribution in [3.8, 4) is 5.88 Å². The first-order valence-electron chi connectivity index (χ1n) is 7.67. The van der Waals surface area contributed by atoms with Gasteiger partial charge in [-0.05, 0) is 25.1 Å². The molecule has 1 atom stereocenters. The fraction of sp³-hybridized carbons (Fsp3) is 0.118. The zero-order valence-electron chi connectivity index (χ0n) is 13.8. The summed E-state index contributed by atoms with van der Waals surface area (Å²) >= 11 is 12.1. The van der Waals surface area contributed by atoms with E-state index in [4.69, 9.17) is 27.9 Å². The van der Waals surface area contributed by atoms with Crippen LogP contribution in [0.3, 0.4) is 0 Å². The average Bonchev–Trinajstić information content (AvgIpc) is 2.62. The smallest absolute Gasteiger partial charge is 0.271 e. The van der Waals surface area contributed by atoms with Crippen LogP contribution in [0.4, 0.5) is 11.4 Å². The second-order valence-corrected chi connectivity index (χ2v) is 6.36. The number of hydrogen-bond acceptors (Lipinski definition) is 6. The summed E-state index contributed by atoms with van der Waals surface area (Å²) in [6.07, 6.45) is 0.322. The molecule has 1 aromatic heterocycles. The first kappa shape index (κ1) is 18.8. The number of hydrogen-bond donors (Lipinski definition) is 1. The Hall–Kier alpha value is -2.97. The van der Waals surface area contributed by atoms with Gasteiger partial charge in [-0.1, -0.05) is 29.3 Å². The normalized spacial score (nSPS) is 11.8. The largest absolute Gasteiger partial charge is 0.464 e. The molecule has 0 unspecified atom stereocenters. The molecule has 0 aliphatic heterocycles. The summed E-state index contributed by atoms with van der Waals surface area (Å²) in [6.45, 7) is 1.52. The quantitative estimate of drug-likeness (QED) is 0.501. The second kappa shape index (κ2) is 7.73. The molecule has 3 aromatic rings. The van der Waals surface area contributed by atoms with Crippen LogP contribution in [0.1, 0.15) is 6.92 Å². The average molecular weight is 407 g/mol. The lowest BCUT2D eigenvalue weighted by molar-refractivity contribution is -0.384. The minimum atomic E-state index is -0.944. The van der Waals surface area contributed by atoms with E-state index >= 15 is 0 Å². The first-order valence-corrected chi connectivity index (χ1v) is 8.42. The minimum Gasteiger partial charge on any atom is -0.464 e. The van der Waals surface area contributed by atoms with E-state index in [1.165, 1.54) is 37.5 Å². The number of nitrogens with one attached hydrogen (secondary N) is 1. The number of non-ortho nitro benzene ring substituents is 1. The van der Waals surface area contributed by atoms with Crippen LogP contribution in [-0.2, 0) is 4.79 Å². The van der Waals surface area contributed by atoms with Gasteiger partial charge in [0.05, 0.1) is 20.8 Å². The van der Waals surface area contributed by atoms with Crippen molar-refractivity contribution in [3.05, 3.63) is 62.9 Å². The van der Waals surface area contributed by atoms with E-state index in [9.17, 15) is 14.9 Å². The summed E-state index contributed by atoms with van der Waals surface area (Å²) in [7, 11) is 0. The molecule has 0 fully saturated rings. The Bertz CT molecular complexity index is 1040. The van der Waals surface area contributed by atoms with E-state index in [1.54, 1.807) is 12.1 Å². The molecule has 0 radical (unpaired) electrons. The summed E-state index contributed by atoms with van der Waals surface area (Å²) in [6, 6.07) is 8.72. The number of benzene rings is 2. The highest BCUT2D eigenvalue weighted by molar-refractivity contribution is 6.38.